The largest absolute Gasteiger partial charge is 0.465 e. The number of aromatic nitrogens is 4. The summed E-state index contributed by atoms with van der Waals surface area (Å²) in [6.07, 6.45) is 8.09. The molecular weight excluding hydrogens is 563 g/mol. The van der Waals surface area contributed by atoms with E-state index in [1.54, 1.807) is 0 Å². The molecule has 0 spiro atoms. The third-order valence-corrected chi connectivity index (χ3v) is 8.49. The van der Waals surface area contributed by atoms with Gasteiger partial charge in [0.15, 0.2) is 17.8 Å². The van der Waals surface area contributed by atoms with Crippen LogP contribution < -0.4 is 4.74 Å². The van der Waals surface area contributed by atoms with Crippen molar-refractivity contribution in [2.24, 2.45) is 0 Å². The predicted molar refractivity (Wildman–Crippen MR) is 162 cm³/mol. The topological polar surface area (TPSA) is 97.6 Å². The molecule has 2 aromatic carbocycles. The van der Waals surface area contributed by atoms with Gasteiger partial charge >= 0.3 is 5.97 Å². The smallest absolute Gasteiger partial charge is 0.337 e. The summed E-state index contributed by atoms with van der Waals surface area (Å²) >= 11 is 0. The molecule has 5 heterocycles. The molecule has 226 valence electrons. The van der Waals surface area contributed by atoms with Crippen LogP contribution in [0.1, 0.15) is 66.0 Å². The number of esters is 1. The molecule has 0 aliphatic carbocycles. The fourth-order valence-corrected chi connectivity index (χ4v) is 6.27. The molecule has 0 bridgehead atoms. The molecule has 10 heteroatoms. The van der Waals surface area contributed by atoms with Gasteiger partial charge in [-0.05, 0) is 92.4 Å². The summed E-state index contributed by atoms with van der Waals surface area (Å²) in [7, 11) is 1.26. The van der Waals surface area contributed by atoms with Crippen LogP contribution in [-0.2, 0) is 14.2 Å². The SMILES string of the molecule is COC(=O)c1ccc(Oc2nc(C3CCOCC3)c(-c3ccnc(C)c3)c3cc4cnn(C5CCCCO5)c4cc23)c(F)c1. The Kier molecular flexibility index (Phi) is 7.69. The van der Waals surface area contributed by atoms with Gasteiger partial charge in [-0.3, -0.25) is 4.98 Å². The zero-order valence-electron chi connectivity index (χ0n) is 24.7. The number of methoxy groups -OCH3 is 1. The minimum Gasteiger partial charge on any atom is -0.465 e. The maximum Gasteiger partial charge on any atom is 0.337 e. The fraction of sp³-hybridized carbons (Fsp3) is 0.353. The van der Waals surface area contributed by atoms with Crippen molar-refractivity contribution in [1.82, 2.24) is 19.7 Å². The van der Waals surface area contributed by atoms with Crippen LogP contribution in [0.25, 0.3) is 32.8 Å². The van der Waals surface area contributed by atoms with Gasteiger partial charge in [0.2, 0.25) is 5.88 Å². The summed E-state index contributed by atoms with van der Waals surface area (Å²) in [5.74, 6) is -0.968. The Labute approximate surface area is 253 Å². The second kappa shape index (κ2) is 11.9. The highest BCUT2D eigenvalue weighted by molar-refractivity contribution is 6.07. The molecule has 3 aromatic heterocycles. The van der Waals surface area contributed by atoms with Crippen LogP contribution in [0.3, 0.4) is 0 Å². The van der Waals surface area contributed by atoms with E-state index < -0.39 is 11.8 Å². The molecule has 7 rings (SSSR count). The summed E-state index contributed by atoms with van der Waals surface area (Å²) in [5.41, 5.74) is 4.74. The quantitative estimate of drug-likeness (QED) is 0.189. The van der Waals surface area contributed by atoms with Crippen LogP contribution in [-0.4, -0.2) is 52.6 Å². The summed E-state index contributed by atoms with van der Waals surface area (Å²) in [5, 5.41) is 7.33. The van der Waals surface area contributed by atoms with Gasteiger partial charge in [0, 0.05) is 54.0 Å². The molecule has 0 radical (unpaired) electrons. The predicted octanol–water partition coefficient (Wildman–Crippen LogP) is 7.27. The zero-order chi connectivity index (χ0) is 30.2. The molecule has 44 heavy (non-hydrogen) atoms. The van der Waals surface area contributed by atoms with Crippen LogP contribution in [0.2, 0.25) is 0 Å². The molecule has 5 aromatic rings. The van der Waals surface area contributed by atoms with E-state index in [0.29, 0.717) is 25.2 Å². The molecular formula is C34H33FN4O5. The lowest BCUT2D eigenvalue weighted by molar-refractivity contribution is -0.0366. The van der Waals surface area contributed by atoms with Crippen molar-refractivity contribution in [1.29, 1.82) is 0 Å². The number of fused-ring (bicyclic) bond motifs is 2. The third kappa shape index (κ3) is 5.28. The Bertz CT molecular complexity index is 1860. The van der Waals surface area contributed by atoms with Gasteiger partial charge in [0.05, 0.1) is 30.1 Å². The van der Waals surface area contributed by atoms with E-state index in [-0.39, 0.29) is 29.3 Å². The molecule has 9 nitrogen and oxygen atoms in total. The second-order valence-corrected chi connectivity index (χ2v) is 11.4. The first kappa shape index (κ1) is 28.4. The summed E-state index contributed by atoms with van der Waals surface area (Å²) in [6.45, 7) is 3.92. The minimum absolute atomic E-state index is 0.0406. The van der Waals surface area contributed by atoms with Crippen molar-refractivity contribution in [2.75, 3.05) is 26.9 Å². The van der Waals surface area contributed by atoms with Gasteiger partial charge in [-0.2, -0.15) is 5.10 Å². The monoisotopic (exact) mass is 596 g/mol. The molecule has 2 aliphatic heterocycles. The minimum atomic E-state index is -0.689. The van der Waals surface area contributed by atoms with E-state index in [2.05, 4.69) is 17.1 Å². The number of hydrogen-bond acceptors (Lipinski definition) is 8. The van der Waals surface area contributed by atoms with Gasteiger partial charge in [-0.15, -0.1) is 0 Å². The average molecular weight is 597 g/mol. The van der Waals surface area contributed by atoms with Crippen molar-refractivity contribution >= 4 is 27.6 Å². The number of halogens is 1. The van der Waals surface area contributed by atoms with Crippen molar-refractivity contribution < 1.29 is 28.1 Å². The lowest BCUT2D eigenvalue weighted by atomic mass is 9.87. The number of aryl methyl sites for hydroxylation is 1. The van der Waals surface area contributed by atoms with Crippen LogP contribution in [0.15, 0.2) is 54.9 Å². The summed E-state index contributed by atoms with van der Waals surface area (Å²) in [6, 6.07) is 12.2. The highest BCUT2D eigenvalue weighted by Gasteiger charge is 2.27. The first-order valence-electron chi connectivity index (χ1n) is 15.0. The highest BCUT2D eigenvalue weighted by Crippen LogP contribution is 2.44. The maximum absolute atomic E-state index is 15.4. The number of carbonyl (C=O) groups is 1. The van der Waals surface area contributed by atoms with Gasteiger partial charge in [-0.25, -0.2) is 18.9 Å². The van der Waals surface area contributed by atoms with Crippen LogP contribution in [0, 0.1) is 12.7 Å². The Hall–Kier alpha value is -4.41. The molecule has 0 saturated carbocycles. The number of rotatable bonds is 6. The van der Waals surface area contributed by atoms with E-state index >= 15 is 4.39 Å². The summed E-state index contributed by atoms with van der Waals surface area (Å²) < 4.78 is 40.1. The lowest BCUT2D eigenvalue weighted by Gasteiger charge is -2.26. The highest BCUT2D eigenvalue weighted by atomic mass is 19.1. The van der Waals surface area contributed by atoms with E-state index in [9.17, 15) is 4.79 Å². The first-order chi connectivity index (χ1) is 21.5. The van der Waals surface area contributed by atoms with E-state index in [0.717, 1.165) is 77.0 Å². The first-order valence-corrected chi connectivity index (χ1v) is 15.0. The number of hydrogen-bond donors (Lipinski definition) is 0. The Morgan fingerprint density at radius 2 is 1.89 bits per heavy atom. The van der Waals surface area contributed by atoms with Crippen molar-refractivity contribution in [3.8, 4) is 22.8 Å². The number of nitrogens with zero attached hydrogens (tertiary/aromatic N) is 4. The standard InChI is InChI=1S/C34H33FN4O5/c1-20-15-22(8-11-36-20)31-25-16-24-19-37-39(30-5-3-4-12-43-30)28(24)18-26(25)33(38-32(31)21-9-13-42-14-10-21)44-29-7-6-23(17-27(29)35)34(40)41-2/h6-8,11,15-19,21,30H,3-5,9-10,12-14H2,1-2H3. The fourth-order valence-electron chi connectivity index (χ4n) is 6.27. The second-order valence-electron chi connectivity index (χ2n) is 11.4. The van der Waals surface area contributed by atoms with E-state index in [4.69, 9.17) is 29.0 Å². The Morgan fingerprint density at radius 1 is 1.02 bits per heavy atom. The Balaban J connectivity index is 1.47. The third-order valence-electron chi connectivity index (χ3n) is 8.49. The molecule has 0 N–H and O–H groups in total. The van der Waals surface area contributed by atoms with Crippen LogP contribution in [0.4, 0.5) is 4.39 Å². The van der Waals surface area contributed by atoms with Crippen LogP contribution in [0.5, 0.6) is 11.6 Å². The number of benzene rings is 2. The van der Waals surface area contributed by atoms with Crippen molar-refractivity contribution in [3.05, 3.63) is 77.6 Å². The average Bonchev–Trinajstić information content (AvgIpc) is 3.48. The number of ether oxygens (including phenoxy) is 4. The number of carbonyl (C=O) groups excluding carboxylic acids is 1. The molecule has 1 atom stereocenters. The summed E-state index contributed by atoms with van der Waals surface area (Å²) in [4.78, 5) is 21.6. The maximum atomic E-state index is 15.4. The molecule has 2 saturated heterocycles. The normalized spacial score (nSPS) is 17.7. The van der Waals surface area contributed by atoms with Gasteiger partial charge in [0.25, 0.3) is 0 Å². The molecule has 2 aliphatic rings. The van der Waals surface area contributed by atoms with Crippen molar-refractivity contribution in [3.63, 3.8) is 0 Å². The zero-order valence-corrected chi connectivity index (χ0v) is 24.7. The van der Waals surface area contributed by atoms with Crippen LogP contribution >= 0.6 is 0 Å². The number of pyridine rings is 2. The molecule has 0 amide bonds. The van der Waals surface area contributed by atoms with Gasteiger partial charge in [-0.1, -0.05) is 0 Å². The lowest BCUT2D eigenvalue weighted by Crippen LogP contribution is -2.19. The van der Waals surface area contributed by atoms with Gasteiger partial charge in [0.1, 0.15) is 0 Å². The van der Waals surface area contributed by atoms with E-state index in [1.165, 1.54) is 19.2 Å². The van der Waals surface area contributed by atoms with Crippen molar-refractivity contribution in [2.45, 2.75) is 51.2 Å². The van der Waals surface area contributed by atoms with Gasteiger partial charge < -0.3 is 18.9 Å². The van der Waals surface area contributed by atoms with E-state index in [1.807, 2.05) is 36.1 Å². The Morgan fingerprint density at radius 3 is 2.64 bits per heavy atom. The molecule has 2 fully saturated rings. The molecule has 1 unspecified atom stereocenters.